The average Bonchev–Trinajstić information content (AvgIpc) is 2.78. The third kappa shape index (κ3) is 2.19. The van der Waals surface area contributed by atoms with E-state index in [1.54, 1.807) is 12.1 Å². The standard InChI is InChI=1S/C8H8N4O3/c13-8(14)4-7-9-10-11-12(7)5-6-2-1-3-15-6/h1-3H,4-5H2,(H,13,14). The fraction of sp³-hybridized carbons (Fsp3) is 0.250. The van der Waals surface area contributed by atoms with Gasteiger partial charge in [-0.05, 0) is 22.6 Å². The second-order valence-electron chi connectivity index (χ2n) is 2.90. The molecule has 15 heavy (non-hydrogen) atoms. The summed E-state index contributed by atoms with van der Waals surface area (Å²) in [5, 5.41) is 19.3. The van der Waals surface area contributed by atoms with E-state index in [1.807, 2.05) is 0 Å². The number of aromatic nitrogens is 4. The molecule has 0 aromatic carbocycles. The Hall–Kier alpha value is -2.18. The number of carboxylic acids is 1. The van der Waals surface area contributed by atoms with Crippen molar-refractivity contribution in [2.75, 3.05) is 0 Å². The third-order valence-corrected chi connectivity index (χ3v) is 1.80. The van der Waals surface area contributed by atoms with Gasteiger partial charge in [0.15, 0.2) is 5.82 Å². The molecule has 78 valence electrons. The zero-order chi connectivity index (χ0) is 10.7. The maximum absolute atomic E-state index is 10.5. The largest absolute Gasteiger partial charge is 0.481 e. The Labute approximate surface area is 84.3 Å². The number of hydrogen-bond donors (Lipinski definition) is 1. The van der Waals surface area contributed by atoms with Crippen molar-refractivity contribution in [2.45, 2.75) is 13.0 Å². The number of tetrazole rings is 1. The number of carbonyl (C=O) groups is 1. The maximum Gasteiger partial charge on any atom is 0.311 e. The van der Waals surface area contributed by atoms with Gasteiger partial charge in [-0.1, -0.05) is 0 Å². The summed E-state index contributed by atoms with van der Waals surface area (Å²) in [5.41, 5.74) is 0. The molecule has 2 heterocycles. The number of rotatable bonds is 4. The minimum absolute atomic E-state index is 0.201. The molecule has 0 saturated heterocycles. The van der Waals surface area contributed by atoms with Gasteiger partial charge in [0.05, 0.1) is 6.26 Å². The molecule has 1 N–H and O–H groups in total. The first-order chi connectivity index (χ1) is 7.25. The van der Waals surface area contributed by atoms with E-state index >= 15 is 0 Å². The van der Waals surface area contributed by atoms with Crippen LogP contribution in [-0.2, 0) is 17.8 Å². The van der Waals surface area contributed by atoms with Crippen LogP contribution in [0, 0.1) is 0 Å². The summed E-state index contributed by atoms with van der Waals surface area (Å²) >= 11 is 0. The lowest BCUT2D eigenvalue weighted by molar-refractivity contribution is -0.136. The van der Waals surface area contributed by atoms with Gasteiger partial charge >= 0.3 is 5.97 Å². The predicted octanol–water partition coefficient (Wildman–Crippen LogP) is -0.0585. The first kappa shape index (κ1) is 9.38. The van der Waals surface area contributed by atoms with Crippen LogP contribution in [-0.4, -0.2) is 31.3 Å². The summed E-state index contributed by atoms with van der Waals surface area (Å²) in [7, 11) is 0. The molecule has 0 radical (unpaired) electrons. The van der Waals surface area contributed by atoms with Gasteiger partial charge in [-0.3, -0.25) is 4.79 Å². The fourth-order valence-corrected chi connectivity index (χ4v) is 1.16. The molecule has 2 rings (SSSR count). The molecule has 0 spiro atoms. The molecule has 0 unspecified atom stereocenters. The van der Waals surface area contributed by atoms with E-state index in [-0.39, 0.29) is 6.42 Å². The van der Waals surface area contributed by atoms with Crippen LogP contribution in [0.2, 0.25) is 0 Å². The number of furan rings is 1. The Balaban J connectivity index is 2.14. The van der Waals surface area contributed by atoms with E-state index in [4.69, 9.17) is 9.52 Å². The van der Waals surface area contributed by atoms with Crippen LogP contribution in [0.4, 0.5) is 0 Å². The van der Waals surface area contributed by atoms with E-state index in [1.165, 1.54) is 10.9 Å². The zero-order valence-electron chi connectivity index (χ0n) is 7.70. The first-order valence-electron chi connectivity index (χ1n) is 4.25. The molecule has 0 aliphatic carbocycles. The van der Waals surface area contributed by atoms with Crippen molar-refractivity contribution in [3.63, 3.8) is 0 Å². The Morgan fingerprint density at radius 1 is 1.60 bits per heavy atom. The highest BCUT2D eigenvalue weighted by Gasteiger charge is 2.11. The van der Waals surface area contributed by atoms with Gasteiger partial charge in [-0.2, -0.15) is 0 Å². The first-order valence-corrected chi connectivity index (χ1v) is 4.25. The van der Waals surface area contributed by atoms with E-state index < -0.39 is 5.97 Å². The molecule has 0 aliphatic heterocycles. The summed E-state index contributed by atoms with van der Waals surface area (Å²) in [6, 6.07) is 3.52. The van der Waals surface area contributed by atoms with Gasteiger partial charge < -0.3 is 9.52 Å². The van der Waals surface area contributed by atoms with E-state index in [0.717, 1.165) is 0 Å². The van der Waals surface area contributed by atoms with Crippen molar-refractivity contribution >= 4 is 5.97 Å². The van der Waals surface area contributed by atoms with Crippen molar-refractivity contribution in [2.24, 2.45) is 0 Å². The summed E-state index contributed by atoms with van der Waals surface area (Å²) < 4.78 is 6.50. The smallest absolute Gasteiger partial charge is 0.311 e. The van der Waals surface area contributed by atoms with Crippen LogP contribution < -0.4 is 0 Å². The van der Waals surface area contributed by atoms with E-state index in [0.29, 0.717) is 18.1 Å². The maximum atomic E-state index is 10.5. The van der Waals surface area contributed by atoms with Gasteiger partial charge in [-0.15, -0.1) is 5.10 Å². The lowest BCUT2D eigenvalue weighted by Crippen LogP contribution is -2.11. The van der Waals surface area contributed by atoms with Crippen LogP contribution in [0.1, 0.15) is 11.6 Å². The molecule has 0 fully saturated rings. The minimum Gasteiger partial charge on any atom is -0.481 e. The third-order valence-electron chi connectivity index (χ3n) is 1.80. The molecule has 7 heteroatoms. The van der Waals surface area contributed by atoms with Gasteiger partial charge in [0.25, 0.3) is 0 Å². The van der Waals surface area contributed by atoms with Crippen molar-refractivity contribution in [3.05, 3.63) is 30.0 Å². The number of carboxylic acid groups (broad SMARTS) is 1. The van der Waals surface area contributed by atoms with Gasteiger partial charge in [0.1, 0.15) is 18.7 Å². The monoisotopic (exact) mass is 208 g/mol. The van der Waals surface area contributed by atoms with Crippen LogP contribution in [0.15, 0.2) is 22.8 Å². The molecule has 0 aliphatic rings. The van der Waals surface area contributed by atoms with Gasteiger partial charge in [0.2, 0.25) is 0 Å². The summed E-state index contributed by atoms with van der Waals surface area (Å²) in [5.74, 6) is 0.0123. The molecule has 2 aromatic heterocycles. The van der Waals surface area contributed by atoms with Crippen LogP contribution in [0.3, 0.4) is 0 Å². The lowest BCUT2D eigenvalue weighted by atomic mass is 10.4. The highest BCUT2D eigenvalue weighted by atomic mass is 16.4. The van der Waals surface area contributed by atoms with Crippen molar-refractivity contribution in [1.82, 2.24) is 20.2 Å². The Morgan fingerprint density at radius 3 is 3.13 bits per heavy atom. The highest BCUT2D eigenvalue weighted by Crippen LogP contribution is 2.04. The van der Waals surface area contributed by atoms with E-state index in [2.05, 4.69) is 15.5 Å². The molecule has 0 bridgehead atoms. The minimum atomic E-state index is -0.967. The number of hydrogen-bond acceptors (Lipinski definition) is 5. The molecule has 2 aromatic rings. The van der Waals surface area contributed by atoms with Crippen molar-refractivity contribution in [3.8, 4) is 0 Å². The molecule has 0 atom stereocenters. The molecule has 7 nitrogen and oxygen atoms in total. The molecule has 0 saturated carbocycles. The summed E-state index contributed by atoms with van der Waals surface area (Å²) in [6.07, 6.45) is 1.34. The Morgan fingerprint density at radius 2 is 2.47 bits per heavy atom. The van der Waals surface area contributed by atoms with Gasteiger partial charge in [0, 0.05) is 0 Å². The number of nitrogens with zero attached hydrogens (tertiary/aromatic N) is 4. The number of aliphatic carboxylic acids is 1. The fourth-order valence-electron chi connectivity index (χ4n) is 1.16. The summed E-state index contributed by atoms with van der Waals surface area (Å²) in [6.45, 7) is 0.336. The highest BCUT2D eigenvalue weighted by molar-refractivity contribution is 5.68. The molecule has 0 amide bonds. The van der Waals surface area contributed by atoms with E-state index in [9.17, 15) is 4.79 Å². The van der Waals surface area contributed by atoms with Crippen molar-refractivity contribution < 1.29 is 14.3 Å². The second-order valence-corrected chi connectivity index (χ2v) is 2.90. The predicted molar refractivity (Wildman–Crippen MR) is 47.0 cm³/mol. The topological polar surface area (TPSA) is 94.0 Å². The Bertz CT molecular complexity index is 448. The average molecular weight is 208 g/mol. The molecular weight excluding hydrogens is 200 g/mol. The van der Waals surface area contributed by atoms with Crippen LogP contribution in [0.25, 0.3) is 0 Å². The molecular formula is C8H8N4O3. The van der Waals surface area contributed by atoms with Crippen LogP contribution >= 0.6 is 0 Å². The SMILES string of the molecule is O=C(O)Cc1nnnn1Cc1ccco1. The Kier molecular flexibility index (Phi) is 2.44. The van der Waals surface area contributed by atoms with Crippen LogP contribution in [0.5, 0.6) is 0 Å². The quantitative estimate of drug-likeness (QED) is 0.756. The second kappa shape index (κ2) is 3.91. The van der Waals surface area contributed by atoms with Crippen molar-refractivity contribution in [1.29, 1.82) is 0 Å². The lowest BCUT2D eigenvalue weighted by Gasteiger charge is -1.99. The summed E-state index contributed by atoms with van der Waals surface area (Å²) in [4.78, 5) is 10.5. The normalized spacial score (nSPS) is 10.4. The zero-order valence-corrected chi connectivity index (χ0v) is 7.70. The van der Waals surface area contributed by atoms with Gasteiger partial charge in [-0.25, -0.2) is 4.68 Å².